The minimum absolute atomic E-state index is 0.139. The summed E-state index contributed by atoms with van der Waals surface area (Å²) < 4.78 is 6.43. The first-order valence-corrected chi connectivity index (χ1v) is 15.8. The van der Waals surface area contributed by atoms with E-state index in [-0.39, 0.29) is 28.6 Å². The number of nitrogens with one attached hydrogen (secondary N) is 3. The smallest absolute Gasteiger partial charge is 0.276 e. The van der Waals surface area contributed by atoms with Crippen molar-refractivity contribution in [2.75, 3.05) is 23.0 Å². The zero-order chi connectivity index (χ0) is 32.5. The molecular formula is C33H27N5O6S2. The highest BCUT2D eigenvalue weighted by Crippen LogP contribution is 2.30. The standard InChI is InChI=1S/C33H27N5O6S2/c1-2-44-24-14-17-26-29(19-24)46-33(36-26)37-30(39)20-45-25-15-12-23(13-16-25)34-32(41)27(35-31(40)21-8-4-3-5-9-21)18-22-10-6-7-11-28(22)38(42)43/h3-19H,2,20H2,1H3,(H,34,41)(H,35,40)(H,36,37,39)/b27-18-. The molecule has 5 rings (SSSR count). The number of ether oxygens (including phenoxy) is 1. The molecule has 0 saturated carbocycles. The molecule has 0 saturated heterocycles. The van der Waals surface area contributed by atoms with E-state index in [0.29, 0.717) is 23.0 Å². The molecule has 0 fully saturated rings. The number of thiazole rings is 1. The largest absolute Gasteiger partial charge is 0.494 e. The van der Waals surface area contributed by atoms with E-state index in [1.165, 1.54) is 47.4 Å². The van der Waals surface area contributed by atoms with Gasteiger partial charge in [-0.15, -0.1) is 11.8 Å². The van der Waals surface area contributed by atoms with Crippen LogP contribution in [0.5, 0.6) is 5.75 Å². The monoisotopic (exact) mass is 653 g/mol. The van der Waals surface area contributed by atoms with Crippen molar-refractivity contribution in [3.05, 3.63) is 124 Å². The highest BCUT2D eigenvalue weighted by Gasteiger charge is 2.18. The number of thioether (sulfide) groups is 1. The minimum Gasteiger partial charge on any atom is -0.494 e. The van der Waals surface area contributed by atoms with Crippen molar-refractivity contribution in [2.24, 2.45) is 0 Å². The Morgan fingerprint density at radius 1 is 0.957 bits per heavy atom. The molecule has 13 heteroatoms. The molecule has 0 spiro atoms. The van der Waals surface area contributed by atoms with Gasteiger partial charge in [-0.2, -0.15) is 0 Å². The van der Waals surface area contributed by atoms with Crippen LogP contribution < -0.4 is 20.7 Å². The fourth-order valence-electron chi connectivity index (χ4n) is 4.23. The third kappa shape index (κ3) is 8.34. The lowest BCUT2D eigenvalue weighted by Crippen LogP contribution is -2.30. The van der Waals surface area contributed by atoms with Crippen molar-refractivity contribution in [3.63, 3.8) is 0 Å². The van der Waals surface area contributed by atoms with Gasteiger partial charge in [0.05, 0.1) is 33.1 Å². The predicted molar refractivity (Wildman–Crippen MR) is 180 cm³/mol. The van der Waals surface area contributed by atoms with Crippen molar-refractivity contribution < 1.29 is 24.0 Å². The first-order chi connectivity index (χ1) is 22.3. The Bertz CT molecular complexity index is 1930. The molecule has 0 atom stereocenters. The van der Waals surface area contributed by atoms with Crippen molar-refractivity contribution >= 4 is 73.6 Å². The lowest BCUT2D eigenvalue weighted by atomic mass is 10.1. The van der Waals surface area contributed by atoms with Gasteiger partial charge in [0.25, 0.3) is 17.5 Å². The van der Waals surface area contributed by atoms with E-state index in [4.69, 9.17) is 4.74 Å². The van der Waals surface area contributed by atoms with E-state index < -0.39 is 16.7 Å². The van der Waals surface area contributed by atoms with Gasteiger partial charge >= 0.3 is 0 Å². The van der Waals surface area contributed by atoms with Crippen molar-refractivity contribution in [2.45, 2.75) is 11.8 Å². The molecule has 4 aromatic carbocycles. The second kappa shape index (κ2) is 15.0. The number of nitro benzene ring substituents is 1. The Morgan fingerprint density at radius 3 is 2.43 bits per heavy atom. The molecule has 0 bridgehead atoms. The van der Waals surface area contributed by atoms with E-state index >= 15 is 0 Å². The third-order valence-electron chi connectivity index (χ3n) is 6.36. The van der Waals surface area contributed by atoms with Crippen LogP contribution in [0, 0.1) is 10.1 Å². The molecule has 11 nitrogen and oxygen atoms in total. The Labute approximate surface area is 271 Å². The normalized spacial score (nSPS) is 11.1. The average molecular weight is 654 g/mol. The highest BCUT2D eigenvalue weighted by molar-refractivity contribution is 8.00. The molecule has 3 N–H and O–H groups in total. The van der Waals surface area contributed by atoms with E-state index in [0.717, 1.165) is 20.9 Å². The number of hydrogen-bond acceptors (Lipinski definition) is 9. The molecule has 5 aromatic rings. The fraction of sp³-hybridized carbons (Fsp3) is 0.0909. The van der Waals surface area contributed by atoms with Crippen LogP contribution in [0.3, 0.4) is 0 Å². The molecular weight excluding hydrogens is 627 g/mol. The summed E-state index contributed by atoms with van der Waals surface area (Å²) in [7, 11) is 0. The molecule has 1 aromatic heterocycles. The molecule has 46 heavy (non-hydrogen) atoms. The van der Waals surface area contributed by atoms with Gasteiger partial charge in [-0.3, -0.25) is 24.5 Å². The second-order valence-electron chi connectivity index (χ2n) is 9.59. The maximum Gasteiger partial charge on any atom is 0.276 e. The maximum atomic E-state index is 13.3. The van der Waals surface area contributed by atoms with Gasteiger partial charge in [0.1, 0.15) is 11.4 Å². The Kier molecular flexibility index (Phi) is 10.4. The number of carbonyl (C=O) groups excluding carboxylic acids is 3. The molecule has 3 amide bonds. The Hall–Kier alpha value is -5.53. The van der Waals surface area contributed by atoms with Gasteiger partial charge in [-0.05, 0) is 73.7 Å². The lowest BCUT2D eigenvalue weighted by molar-refractivity contribution is -0.385. The lowest BCUT2D eigenvalue weighted by Gasteiger charge is -2.12. The molecule has 0 aliphatic heterocycles. The number of rotatable bonds is 12. The molecule has 0 radical (unpaired) electrons. The Balaban J connectivity index is 1.23. The molecule has 0 aliphatic carbocycles. The van der Waals surface area contributed by atoms with Crippen LogP contribution in [-0.4, -0.2) is 40.0 Å². The van der Waals surface area contributed by atoms with Gasteiger partial charge in [-0.25, -0.2) is 4.98 Å². The first-order valence-electron chi connectivity index (χ1n) is 14.0. The number of para-hydroxylation sites is 1. The Morgan fingerprint density at radius 2 is 1.70 bits per heavy atom. The zero-order valence-electron chi connectivity index (χ0n) is 24.4. The summed E-state index contributed by atoms with van der Waals surface area (Å²) in [4.78, 5) is 55.0. The van der Waals surface area contributed by atoms with Crippen LogP contribution in [0.1, 0.15) is 22.8 Å². The molecule has 232 valence electrons. The fourth-order valence-corrected chi connectivity index (χ4v) is 5.83. The number of anilines is 2. The topological polar surface area (TPSA) is 153 Å². The van der Waals surface area contributed by atoms with Gasteiger partial charge in [0, 0.05) is 22.2 Å². The van der Waals surface area contributed by atoms with Crippen LogP contribution >= 0.6 is 23.1 Å². The first kappa shape index (κ1) is 31.9. The molecule has 0 aliphatic rings. The summed E-state index contributed by atoms with van der Waals surface area (Å²) in [5.41, 5.74) is 1.26. The second-order valence-corrected chi connectivity index (χ2v) is 11.7. The van der Waals surface area contributed by atoms with Gasteiger partial charge in [0.15, 0.2) is 5.13 Å². The number of hydrogen-bond donors (Lipinski definition) is 3. The quantitative estimate of drug-likeness (QED) is 0.0579. The van der Waals surface area contributed by atoms with E-state index in [2.05, 4.69) is 20.9 Å². The number of carbonyl (C=O) groups is 3. The summed E-state index contributed by atoms with van der Waals surface area (Å²) in [6.45, 7) is 2.47. The van der Waals surface area contributed by atoms with Crippen LogP contribution in [0.4, 0.5) is 16.5 Å². The number of nitro groups is 1. The van der Waals surface area contributed by atoms with Crippen LogP contribution in [0.25, 0.3) is 16.3 Å². The molecule has 1 heterocycles. The van der Waals surface area contributed by atoms with Crippen molar-refractivity contribution in [1.29, 1.82) is 0 Å². The minimum atomic E-state index is -0.675. The SMILES string of the molecule is CCOc1ccc2nc(NC(=O)CSc3ccc(NC(=O)/C(=C/c4ccccc4[N+](=O)[O-])NC(=O)c4ccccc4)cc3)sc2c1. The number of aromatic nitrogens is 1. The summed E-state index contributed by atoms with van der Waals surface area (Å²) in [6, 6.07) is 26.6. The van der Waals surface area contributed by atoms with Gasteiger partial charge in [0.2, 0.25) is 5.91 Å². The molecule has 0 unspecified atom stereocenters. The van der Waals surface area contributed by atoms with Crippen LogP contribution in [0.2, 0.25) is 0 Å². The van der Waals surface area contributed by atoms with Crippen molar-refractivity contribution in [1.82, 2.24) is 10.3 Å². The van der Waals surface area contributed by atoms with E-state index in [1.54, 1.807) is 60.7 Å². The maximum absolute atomic E-state index is 13.3. The van der Waals surface area contributed by atoms with E-state index in [9.17, 15) is 24.5 Å². The number of fused-ring (bicyclic) bond motifs is 1. The van der Waals surface area contributed by atoms with Crippen molar-refractivity contribution in [3.8, 4) is 5.75 Å². The average Bonchev–Trinajstić information content (AvgIpc) is 3.46. The number of nitrogens with zero attached hydrogens (tertiary/aromatic N) is 2. The zero-order valence-corrected chi connectivity index (χ0v) is 26.0. The summed E-state index contributed by atoms with van der Waals surface area (Å²) in [5.74, 6) is -0.556. The highest BCUT2D eigenvalue weighted by atomic mass is 32.2. The van der Waals surface area contributed by atoms with Crippen LogP contribution in [0.15, 0.2) is 108 Å². The number of benzene rings is 4. The van der Waals surface area contributed by atoms with Gasteiger partial charge < -0.3 is 20.7 Å². The summed E-state index contributed by atoms with van der Waals surface area (Å²) >= 11 is 2.67. The predicted octanol–water partition coefficient (Wildman–Crippen LogP) is 6.74. The summed E-state index contributed by atoms with van der Waals surface area (Å²) in [6.07, 6.45) is 1.26. The third-order valence-corrected chi connectivity index (χ3v) is 8.31. The van der Waals surface area contributed by atoms with Gasteiger partial charge in [-0.1, -0.05) is 41.7 Å². The number of amides is 3. The summed E-state index contributed by atoms with van der Waals surface area (Å²) in [5, 5.41) is 20.2. The van der Waals surface area contributed by atoms with E-state index in [1.807, 2.05) is 25.1 Å². The van der Waals surface area contributed by atoms with Crippen LogP contribution in [-0.2, 0) is 9.59 Å².